The summed E-state index contributed by atoms with van der Waals surface area (Å²) < 4.78 is 23.6. The maximum Gasteiger partial charge on any atom is 0.438 e. The largest absolute Gasteiger partial charge is 0.507 e. The summed E-state index contributed by atoms with van der Waals surface area (Å²) in [4.78, 5) is 4.21. The second-order valence-electron chi connectivity index (χ2n) is 9.23. The fourth-order valence-corrected chi connectivity index (χ4v) is 5.57. The van der Waals surface area contributed by atoms with Gasteiger partial charge in [0.1, 0.15) is 11.7 Å². The minimum Gasteiger partial charge on any atom is -0.507 e. The summed E-state index contributed by atoms with van der Waals surface area (Å²) in [6.45, 7) is 12.1. The first-order valence-corrected chi connectivity index (χ1v) is 12.1. The van der Waals surface area contributed by atoms with Crippen LogP contribution in [0.25, 0.3) is 5.53 Å². The zero-order valence-electron chi connectivity index (χ0n) is 18.9. The van der Waals surface area contributed by atoms with Crippen molar-refractivity contribution in [2.45, 2.75) is 58.3 Å². The van der Waals surface area contributed by atoms with Crippen molar-refractivity contribution >= 4 is 24.4 Å². The topological polar surface area (TPSA) is 92.2 Å². The number of thiophene rings is 1. The molecule has 0 aliphatic heterocycles. The van der Waals surface area contributed by atoms with E-state index in [4.69, 9.17) is 9.05 Å². The van der Waals surface area contributed by atoms with Gasteiger partial charge in [0.25, 0.3) is 0 Å². The van der Waals surface area contributed by atoms with Crippen LogP contribution < -0.4 is 0 Å². The molecule has 0 amide bonds. The smallest absolute Gasteiger partial charge is 0.438 e. The summed E-state index contributed by atoms with van der Waals surface area (Å²) >= 11 is 1.45. The van der Waals surface area contributed by atoms with Gasteiger partial charge in [0.15, 0.2) is 0 Å². The predicted octanol–water partition coefficient (Wildman–Crippen LogP) is 6.29. The van der Waals surface area contributed by atoms with E-state index in [0.29, 0.717) is 0 Å². The van der Waals surface area contributed by atoms with E-state index in [0.717, 1.165) is 21.6 Å². The summed E-state index contributed by atoms with van der Waals surface area (Å²) in [5.41, 5.74) is 11.4. The van der Waals surface area contributed by atoms with Crippen LogP contribution >= 0.6 is 18.9 Å². The van der Waals surface area contributed by atoms with Gasteiger partial charge in [0.05, 0.1) is 0 Å². The molecule has 0 fully saturated rings. The Hall–Kier alpha value is -1.75. The number of nitrogens with zero attached hydrogens (tertiary/aromatic N) is 2. The van der Waals surface area contributed by atoms with Crippen molar-refractivity contribution in [3.63, 3.8) is 0 Å². The highest BCUT2D eigenvalue weighted by Gasteiger charge is 2.46. The average Bonchev–Trinajstić information content (AvgIpc) is 3.18. The zero-order chi connectivity index (χ0) is 22.9. The first-order chi connectivity index (χ1) is 13.8. The molecule has 1 atom stereocenters. The first kappa shape index (κ1) is 24.5. The van der Waals surface area contributed by atoms with Crippen LogP contribution in [0.2, 0.25) is 0 Å². The van der Waals surface area contributed by atoms with Crippen molar-refractivity contribution in [2.75, 3.05) is 14.2 Å². The number of phenolic OH excluding ortho intramolecular Hbond substituents is 1. The van der Waals surface area contributed by atoms with Crippen molar-refractivity contribution in [1.29, 1.82) is 0 Å². The fraction of sp³-hybridized carbons (Fsp3) is 0.500. The third-order valence-electron chi connectivity index (χ3n) is 5.03. The summed E-state index contributed by atoms with van der Waals surface area (Å²) in [6, 6.07) is 7.53. The Kier molecular flexibility index (Phi) is 7.17. The highest BCUT2D eigenvalue weighted by molar-refractivity contribution is 7.72. The zero-order valence-corrected chi connectivity index (χ0v) is 20.6. The van der Waals surface area contributed by atoms with Crippen LogP contribution in [0.5, 0.6) is 5.75 Å². The molecule has 1 aromatic heterocycles. The van der Waals surface area contributed by atoms with Gasteiger partial charge in [-0.05, 0) is 39.0 Å². The molecule has 6 nitrogen and oxygen atoms in total. The molecule has 1 heterocycles. The number of phenols is 1. The third-order valence-corrected chi connectivity index (χ3v) is 7.84. The Labute approximate surface area is 183 Å². The van der Waals surface area contributed by atoms with Gasteiger partial charge >= 0.3 is 13.0 Å². The van der Waals surface area contributed by atoms with E-state index in [9.17, 15) is 15.2 Å². The number of hydrogen-bond donors (Lipinski definition) is 1. The normalized spacial score (nSPS) is 13.7. The summed E-state index contributed by atoms with van der Waals surface area (Å²) in [5, 5.41) is 13.0. The first-order valence-electron chi connectivity index (χ1n) is 9.65. The Morgan fingerprint density at radius 3 is 1.93 bits per heavy atom. The van der Waals surface area contributed by atoms with Gasteiger partial charge in [-0.15, -0.1) is 11.3 Å². The lowest BCUT2D eigenvalue weighted by Crippen LogP contribution is -2.21. The van der Waals surface area contributed by atoms with Crippen molar-refractivity contribution in [3.8, 4) is 5.75 Å². The second kappa shape index (κ2) is 8.78. The molecule has 0 saturated heterocycles. The van der Waals surface area contributed by atoms with E-state index in [-0.39, 0.29) is 22.0 Å². The van der Waals surface area contributed by atoms with Crippen LogP contribution in [-0.2, 0) is 24.4 Å². The highest BCUT2D eigenvalue weighted by Crippen LogP contribution is 2.54. The molecule has 1 N–H and O–H groups in total. The Morgan fingerprint density at radius 2 is 1.60 bits per heavy atom. The average molecular weight is 451 g/mol. The molecule has 0 bridgehead atoms. The van der Waals surface area contributed by atoms with Gasteiger partial charge in [-0.3, -0.25) is 0 Å². The van der Waals surface area contributed by atoms with Crippen molar-refractivity contribution < 1.29 is 23.5 Å². The maximum absolute atomic E-state index is 13.2. The molecule has 2 aromatic rings. The molecule has 30 heavy (non-hydrogen) atoms. The second-order valence-corrected chi connectivity index (χ2v) is 12.4. The third kappa shape index (κ3) is 4.77. The Morgan fingerprint density at radius 1 is 1.10 bits per heavy atom. The van der Waals surface area contributed by atoms with Crippen LogP contribution in [0.4, 0.5) is 0 Å². The van der Waals surface area contributed by atoms with Gasteiger partial charge in [-0.2, -0.15) is 4.79 Å². The van der Waals surface area contributed by atoms with Gasteiger partial charge in [-0.25, -0.2) is 4.57 Å². The summed E-state index contributed by atoms with van der Waals surface area (Å²) in [6.07, 6.45) is 0. The molecule has 2 rings (SSSR count). The van der Waals surface area contributed by atoms with Crippen LogP contribution in [0.15, 0.2) is 29.6 Å². The SMILES string of the molecule is COP(=O)(OC)C(=[N+]=[N-])C(c1cc(C(C)(C)C)c(O)c(C(C)(C)C)c1)c1cccs1. The minimum absolute atomic E-state index is 0.0969. The molecule has 0 radical (unpaired) electrons. The molecule has 164 valence electrons. The van der Waals surface area contributed by atoms with E-state index < -0.39 is 13.5 Å². The van der Waals surface area contributed by atoms with Gasteiger partial charge in [0.2, 0.25) is 0 Å². The molecule has 0 aliphatic carbocycles. The summed E-state index contributed by atoms with van der Waals surface area (Å²) in [5.74, 6) is -0.420. The molecule has 0 saturated carbocycles. The van der Waals surface area contributed by atoms with E-state index in [1.165, 1.54) is 25.6 Å². The van der Waals surface area contributed by atoms with Crippen LogP contribution in [0.1, 0.15) is 69.0 Å². The van der Waals surface area contributed by atoms with Crippen LogP contribution in [0, 0.1) is 0 Å². The fourth-order valence-electron chi connectivity index (χ4n) is 3.40. The standard InChI is InChI=1S/C22H31N2O4PS/c1-21(2,3)15-12-14(13-16(19(15)25)22(4,5)6)18(17-10-9-11-30-17)20(24-23)29(26,27-7)28-8/h9-13,18,25H,1-8H3. The minimum atomic E-state index is -3.83. The van der Waals surface area contributed by atoms with Gasteiger partial charge < -0.3 is 19.7 Å². The monoisotopic (exact) mass is 450 g/mol. The molecule has 0 aliphatic rings. The van der Waals surface area contributed by atoms with E-state index >= 15 is 0 Å². The van der Waals surface area contributed by atoms with E-state index in [1.807, 2.05) is 71.2 Å². The molecule has 8 heteroatoms. The molecule has 0 spiro atoms. The molecule has 1 aromatic carbocycles. The highest BCUT2D eigenvalue weighted by atomic mass is 32.1. The predicted molar refractivity (Wildman–Crippen MR) is 122 cm³/mol. The van der Waals surface area contributed by atoms with Crippen molar-refractivity contribution in [3.05, 3.63) is 56.7 Å². The number of hydrogen-bond acceptors (Lipinski definition) is 5. The quantitative estimate of drug-likeness (QED) is 0.242. The molecular weight excluding hydrogens is 419 g/mol. The van der Waals surface area contributed by atoms with Crippen LogP contribution in [-0.4, -0.2) is 29.6 Å². The maximum atomic E-state index is 13.2. The van der Waals surface area contributed by atoms with Crippen molar-refractivity contribution in [2.24, 2.45) is 0 Å². The van der Waals surface area contributed by atoms with Crippen molar-refractivity contribution in [1.82, 2.24) is 0 Å². The molecule has 1 unspecified atom stereocenters. The van der Waals surface area contributed by atoms with Gasteiger partial charge in [-0.1, -0.05) is 59.7 Å². The van der Waals surface area contributed by atoms with Gasteiger partial charge in [0, 0.05) is 19.1 Å². The number of aromatic hydroxyl groups is 1. The lowest BCUT2D eigenvalue weighted by Gasteiger charge is -2.29. The summed E-state index contributed by atoms with van der Waals surface area (Å²) in [7, 11) is -1.31. The number of benzene rings is 1. The Balaban J connectivity index is 2.93. The lowest BCUT2D eigenvalue weighted by atomic mass is 9.77. The number of rotatable bonds is 6. The molecular formula is C22H31N2O4PS. The van der Waals surface area contributed by atoms with E-state index in [2.05, 4.69) is 4.79 Å². The lowest BCUT2D eigenvalue weighted by molar-refractivity contribution is -0.00676. The van der Waals surface area contributed by atoms with Crippen LogP contribution in [0.3, 0.4) is 0 Å². The van der Waals surface area contributed by atoms with E-state index in [1.54, 1.807) is 0 Å². The Bertz CT molecular complexity index is 954.